The van der Waals surface area contributed by atoms with Crippen LogP contribution in [0.5, 0.6) is 0 Å². The molecule has 0 bridgehead atoms. The molecule has 1 unspecified atom stereocenters. The zero-order valence-electron chi connectivity index (χ0n) is 11.9. The van der Waals surface area contributed by atoms with Gasteiger partial charge >= 0.3 is 0 Å². The molecule has 0 spiro atoms. The highest BCUT2D eigenvalue weighted by molar-refractivity contribution is 9.10. The molecular formula is C13H16BrClN2O3S. The van der Waals surface area contributed by atoms with Crippen molar-refractivity contribution < 1.29 is 13.2 Å². The molecule has 0 aliphatic carbocycles. The summed E-state index contributed by atoms with van der Waals surface area (Å²) in [6.07, 6.45) is 1.63. The lowest BCUT2D eigenvalue weighted by atomic mass is 9.80. The van der Waals surface area contributed by atoms with Crippen LogP contribution in [0.3, 0.4) is 0 Å². The van der Waals surface area contributed by atoms with E-state index in [9.17, 15) is 13.2 Å². The number of pyridine rings is 1. The molecule has 0 saturated carbocycles. The van der Waals surface area contributed by atoms with Gasteiger partial charge in [-0.25, -0.2) is 17.7 Å². The minimum atomic E-state index is -3.97. The molecule has 1 aromatic heterocycles. The summed E-state index contributed by atoms with van der Waals surface area (Å²) in [5.74, 6) is -0.412. The first-order valence-corrected chi connectivity index (χ1v) is 9.01. The second-order valence-electron chi connectivity index (χ2n) is 6.14. The summed E-state index contributed by atoms with van der Waals surface area (Å²) in [6, 6.07) is 1.36. The number of nitrogens with zero attached hydrogens (tertiary/aromatic N) is 2. The molecule has 0 aromatic carbocycles. The van der Waals surface area contributed by atoms with E-state index < -0.39 is 15.9 Å². The first-order valence-electron chi connectivity index (χ1n) is 6.40. The lowest BCUT2D eigenvalue weighted by molar-refractivity contribution is -0.123. The molecule has 1 aliphatic heterocycles. The lowest BCUT2D eigenvalue weighted by Gasteiger charge is -2.26. The summed E-state index contributed by atoms with van der Waals surface area (Å²) < 4.78 is 26.7. The van der Waals surface area contributed by atoms with Crippen LogP contribution < -0.4 is 0 Å². The van der Waals surface area contributed by atoms with E-state index in [1.165, 1.54) is 12.3 Å². The van der Waals surface area contributed by atoms with Crippen LogP contribution in [0.15, 0.2) is 21.6 Å². The molecule has 1 aromatic rings. The molecule has 8 heteroatoms. The Kier molecular flexibility index (Phi) is 4.39. The number of hydrogen-bond donors (Lipinski definition) is 0. The van der Waals surface area contributed by atoms with Crippen molar-refractivity contribution in [3.63, 3.8) is 0 Å². The molecule has 5 nitrogen and oxygen atoms in total. The minimum absolute atomic E-state index is 0.0151. The van der Waals surface area contributed by atoms with Gasteiger partial charge in [-0.2, -0.15) is 0 Å². The third-order valence-electron chi connectivity index (χ3n) is 3.65. The highest BCUT2D eigenvalue weighted by atomic mass is 79.9. The van der Waals surface area contributed by atoms with Gasteiger partial charge in [0.25, 0.3) is 10.0 Å². The Morgan fingerprint density at radius 2 is 2.05 bits per heavy atom. The van der Waals surface area contributed by atoms with Crippen molar-refractivity contribution >= 4 is 43.5 Å². The van der Waals surface area contributed by atoms with E-state index >= 15 is 0 Å². The van der Waals surface area contributed by atoms with Crippen molar-refractivity contribution in [2.24, 2.45) is 11.3 Å². The summed E-state index contributed by atoms with van der Waals surface area (Å²) in [7, 11) is -3.97. The second kappa shape index (κ2) is 5.52. The van der Waals surface area contributed by atoms with Gasteiger partial charge in [0.15, 0.2) is 0 Å². The predicted octanol–water partition coefficient (Wildman–Crippen LogP) is 3.08. The number of rotatable bonds is 2. The Bertz CT molecular complexity index is 685. The first kappa shape index (κ1) is 16.7. The fourth-order valence-electron chi connectivity index (χ4n) is 2.19. The molecule has 2 rings (SSSR count). The minimum Gasteiger partial charge on any atom is -0.274 e. The van der Waals surface area contributed by atoms with Crippen molar-refractivity contribution in [2.75, 3.05) is 6.54 Å². The molecule has 0 N–H and O–H groups in total. The molecule has 1 saturated heterocycles. The second-order valence-corrected chi connectivity index (χ2v) is 9.24. The molecule has 1 fully saturated rings. The van der Waals surface area contributed by atoms with Gasteiger partial charge in [0.2, 0.25) is 5.91 Å². The van der Waals surface area contributed by atoms with Crippen LogP contribution in [0.4, 0.5) is 0 Å². The quantitative estimate of drug-likeness (QED) is 0.722. The van der Waals surface area contributed by atoms with Crippen LogP contribution in [0.25, 0.3) is 0 Å². The van der Waals surface area contributed by atoms with E-state index in [0.29, 0.717) is 4.47 Å². The first-order chi connectivity index (χ1) is 9.53. The molecule has 1 atom stereocenters. The van der Waals surface area contributed by atoms with Crippen molar-refractivity contribution in [1.82, 2.24) is 9.29 Å². The maximum atomic E-state index is 12.7. The number of hydrogen-bond acceptors (Lipinski definition) is 4. The number of sulfonamides is 1. The topological polar surface area (TPSA) is 67.3 Å². The third kappa shape index (κ3) is 3.24. The standard InChI is InChI=1S/C13H16BrClN2O3S/c1-13(2,3)8-4-11(18)17(7-8)21(19,20)10-5-9(14)6-16-12(10)15/h5-6,8H,4,7H2,1-3H3. The lowest BCUT2D eigenvalue weighted by Crippen LogP contribution is -2.34. The Hall–Kier alpha value is -0.660. The van der Waals surface area contributed by atoms with Gasteiger partial charge in [0, 0.05) is 23.6 Å². The van der Waals surface area contributed by atoms with Crippen LogP contribution in [-0.2, 0) is 14.8 Å². The maximum absolute atomic E-state index is 12.7. The Morgan fingerprint density at radius 3 is 2.57 bits per heavy atom. The monoisotopic (exact) mass is 394 g/mol. The van der Waals surface area contributed by atoms with Crippen molar-refractivity contribution in [3.8, 4) is 0 Å². The van der Waals surface area contributed by atoms with E-state index in [1.54, 1.807) is 0 Å². The molecule has 21 heavy (non-hydrogen) atoms. The summed E-state index contributed by atoms with van der Waals surface area (Å²) >= 11 is 9.05. The van der Waals surface area contributed by atoms with E-state index in [4.69, 9.17) is 11.6 Å². The Morgan fingerprint density at radius 1 is 1.43 bits per heavy atom. The number of halogens is 2. The summed E-state index contributed by atoms with van der Waals surface area (Å²) in [5, 5.41) is -0.134. The summed E-state index contributed by atoms with van der Waals surface area (Å²) in [4.78, 5) is 15.8. The SMILES string of the molecule is CC(C)(C)C1CC(=O)N(S(=O)(=O)c2cc(Br)cnc2Cl)C1. The fourth-order valence-corrected chi connectivity index (χ4v) is 4.57. The van der Waals surface area contributed by atoms with Gasteiger partial charge in [0.1, 0.15) is 10.0 Å². The molecule has 1 aliphatic rings. The molecule has 116 valence electrons. The summed E-state index contributed by atoms with van der Waals surface area (Å²) in [6.45, 7) is 6.16. The average Bonchev–Trinajstić information content (AvgIpc) is 2.75. The van der Waals surface area contributed by atoms with E-state index in [1.807, 2.05) is 20.8 Å². The van der Waals surface area contributed by atoms with E-state index in [-0.39, 0.29) is 34.3 Å². The molecule has 1 amide bonds. The normalized spacial score (nSPS) is 20.1. The molecule has 2 heterocycles. The van der Waals surface area contributed by atoms with Crippen LogP contribution in [0, 0.1) is 11.3 Å². The predicted molar refractivity (Wildman–Crippen MR) is 83.4 cm³/mol. The van der Waals surface area contributed by atoms with Gasteiger partial charge in [-0.05, 0) is 33.3 Å². The largest absolute Gasteiger partial charge is 0.274 e. The number of amides is 1. The number of carbonyl (C=O) groups is 1. The van der Waals surface area contributed by atoms with Gasteiger partial charge in [0.05, 0.1) is 0 Å². The highest BCUT2D eigenvalue weighted by Gasteiger charge is 2.43. The fraction of sp³-hybridized carbons (Fsp3) is 0.538. The van der Waals surface area contributed by atoms with E-state index in [0.717, 1.165) is 4.31 Å². The summed E-state index contributed by atoms with van der Waals surface area (Å²) in [5.41, 5.74) is -0.140. The maximum Gasteiger partial charge on any atom is 0.269 e. The average molecular weight is 396 g/mol. The number of carbonyl (C=O) groups excluding carboxylic acids is 1. The van der Waals surface area contributed by atoms with E-state index in [2.05, 4.69) is 20.9 Å². The van der Waals surface area contributed by atoms with Gasteiger partial charge < -0.3 is 0 Å². The van der Waals surface area contributed by atoms with Crippen LogP contribution in [0.1, 0.15) is 27.2 Å². The van der Waals surface area contributed by atoms with Crippen LogP contribution in [-0.4, -0.2) is 30.2 Å². The zero-order chi connectivity index (χ0) is 16.0. The van der Waals surface area contributed by atoms with Gasteiger partial charge in [-0.15, -0.1) is 0 Å². The Balaban J connectivity index is 2.41. The number of aromatic nitrogens is 1. The van der Waals surface area contributed by atoms with Crippen LogP contribution >= 0.6 is 27.5 Å². The van der Waals surface area contributed by atoms with Crippen molar-refractivity contribution in [1.29, 1.82) is 0 Å². The molecule has 0 radical (unpaired) electrons. The highest BCUT2D eigenvalue weighted by Crippen LogP contribution is 2.37. The Labute approximate surface area is 137 Å². The van der Waals surface area contributed by atoms with Crippen molar-refractivity contribution in [3.05, 3.63) is 21.9 Å². The van der Waals surface area contributed by atoms with Gasteiger partial charge in [-0.3, -0.25) is 4.79 Å². The third-order valence-corrected chi connectivity index (χ3v) is 6.30. The van der Waals surface area contributed by atoms with Gasteiger partial charge in [-0.1, -0.05) is 32.4 Å². The van der Waals surface area contributed by atoms with Crippen LogP contribution in [0.2, 0.25) is 5.15 Å². The van der Waals surface area contributed by atoms with Crippen molar-refractivity contribution in [2.45, 2.75) is 32.1 Å². The zero-order valence-corrected chi connectivity index (χ0v) is 15.1. The smallest absolute Gasteiger partial charge is 0.269 e. The molecular weight excluding hydrogens is 380 g/mol.